The molecule has 2 aromatic rings. The molecule has 0 amide bonds. The van der Waals surface area contributed by atoms with Gasteiger partial charge in [0.15, 0.2) is 0 Å². The molecule has 1 N–H and O–H groups in total. The molecule has 1 nitrogen and oxygen atoms in total. The summed E-state index contributed by atoms with van der Waals surface area (Å²) in [6.45, 7) is 0. The molecule has 15 heavy (non-hydrogen) atoms. The summed E-state index contributed by atoms with van der Waals surface area (Å²) in [5.41, 5.74) is 3.12. The summed E-state index contributed by atoms with van der Waals surface area (Å²) in [6.07, 6.45) is 3.84. The quantitative estimate of drug-likeness (QED) is 0.771. The van der Waals surface area contributed by atoms with Gasteiger partial charge in [-0.1, -0.05) is 12.1 Å². The average molecular weight is 217 g/mol. The smallest absolute Gasteiger partial charge is 0.0393 e. The lowest BCUT2D eigenvalue weighted by Gasteiger charge is -2.25. The number of rotatable bonds is 1. The fourth-order valence-electron chi connectivity index (χ4n) is 2.62. The molecule has 0 bridgehead atoms. The molecule has 1 unspecified atom stereocenters. The number of nitrogens with one attached hydrogen (secondary N) is 1. The standard InChI is InChI=1S/C13H15NS/c1-14-11-4-2-3-9-5-6-10-7-8-15-13(10)12(9)11/h5-8,11,14H,2-4H2,1H3. The second-order valence-corrected chi connectivity index (χ2v) is 5.13. The molecule has 1 aromatic carbocycles. The molecule has 1 atom stereocenters. The Morgan fingerprint density at radius 3 is 3.13 bits per heavy atom. The van der Waals surface area contributed by atoms with Gasteiger partial charge in [-0.15, -0.1) is 11.3 Å². The van der Waals surface area contributed by atoms with Crippen LogP contribution in [0.5, 0.6) is 0 Å². The predicted molar refractivity (Wildman–Crippen MR) is 66.6 cm³/mol. The number of fused-ring (bicyclic) bond motifs is 3. The van der Waals surface area contributed by atoms with Gasteiger partial charge in [-0.25, -0.2) is 0 Å². The molecule has 78 valence electrons. The van der Waals surface area contributed by atoms with E-state index in [4.69, 9.17) is 0 Å². The Kier molecular flexibility index (Phi) is 2.26. The molecule has 1 heterocycles. The Balaban J connectivity index is 2.28. The molecule has 0 saturated heterocycles. The van der Waals surface area contributed by atoms with Gasteiger partial charge in [-0.05, 0) is 54.3 Å². The molecule has 1 aromatic heterocycles. The van der Waals surface area contributed by atoms with E-state index >= 15 is 0 Å². The molecule has 0 saturated carbocycles. The maximum atomic E-state index is 3.45. The van der Waals surface area contributed by atoms with E-state index in [1.807, 2.05) is 11.3 Å². The van der Waals surface area contributed by atoms with Gasteiger partial charge in [0, 0.05) is 10.7 Å². The first-order valence-corrected chi connectivity index (χ1v) is 6.44. The van der Waals surface area contributed by atoms with E-state index in [1.165, 1.54) is 29.3 Å². The fraction of sp³-hybridized carbons (Fsp3) is 0.385. The molecule has 2 heteroatoms. The first-order chi connectivity index (χ1) is 7.40. The van der Waals surface area contributed by atoms with Gasteiger partial charge < -0.3 is 5.32 Å². The van der Waals surface area contributed by atoms with Crippen molar-refractivity contribution in [2.24, 2.45) is 0 Å². The fourth-order valence-corrected chi connectivity index (χ4v) is 3.65. The largest absolute Gasteiger partial charge is 0.313 e. The maximum Gasteiger partial charge on any atom is 0.0393 e. The Hall–Kier alpha value is -0.860. The Morgan fingerprint density at radius 2 is 2.27 bits per heavy atom. The first-order valence-electron chi connectivity index (χ1n) is 5.56. The van der Waals surface area contributed by atoms with Crippen molar-refractivity contribution in [3.63, 3.8) is 0 Å². The Labute approximate surface area is 94.1 Å². The Bertz CT molecular complexity index is 486. The minimum atomic E-state index is 0.566. The van der Waals surface area contributed by atoms with E-state index < -0.39 is 0 Å². The summed E-state index contributed by atoms with van der Waals surface area (Å²) in [5.74, 6) is 0. The van der Waals surface area contributed by atoms with Gasteiger partial charge in [-0.2, -0.15) is 0 Å². The molecule has 1 aliphatic rings. The minimum Gasteiger partial charge on any atom is -0.313 e. The van der Waals surface area contributed by atoms with Crippen molar-refractivity contribution >= 4 is 21.4 Å². The molecule has 3 rings (SSSR count). The summed E-state index contributed by atoms with van der Waals surface area (Å²) in [7, 11) is 2.08. The van der Waals surface area contributed by atoms with Crippen molar-refractivity contribution in [3.8, 4) is 0 Å². The third-order valence-corrected chi connectivity index (χ3v) is 4.35. The van der Waals surface area contributed by atoms with Crippen LogP contribution in [-0.4, -0.2) is 7.05 Å². The van der Waals surface area contributed by atoms with Crippen LogP contribution in [-0.2, 0) is 6.42 Å². The third-order valence-electron chi connectivity index (χ3n) is 3.39. The summed E-state index contributed by atoms with van der Waals surface area (Å²) in [4.78, 5) is 0. The zero-order valence-corrected chi connectivity index (χ0v) is 9.73. The molecular formula is C13H15NS. The molecule has 0 aliphatic heterocycles. The van der Waals surface area contributed by atoms with E-state index in [0.29, 0.717) is 6.04 Å². The number of hydrogen-bond donors (Lipinski definition) is 1. The predicted octanol–water partition coefficient (Wildman–Crippen LogP) is 3.50. The maximum absolute atomic E-state index is 3.45. The minimum absolute atomic E-state index is 0.566. The van der Waals surface area contributed by atoms with Crippen molar-refractivity contribution in [2.45, 2.75) is 25.3 Å². The lowest BCUT2D eigenvalue weighted by molar-refractivity contribution is 0.501. The Morgan fingerprint density at radius 1 is 1.33 bits per heavy atom. The van der Waals surface area contributed by atoms with Crippen LogP contribution in [0.15, 0.2) is 23.6 Å². The van der Waals surface area contributed by atoms with E-state index in [-0.39, 0.29) is 0 Å². The van der Waals surface area contributed by atoms with E-state index in [2.05, 4.69) is 35.9 Å². The van der Waals surface area contributed by atoms with Crippen LogP contribution in [0.2, 0.25) is 0 Å². The highest BCUT2D eigenvalue weighted by atomic mass is 32.1. The zero-order valence-electron chi connectivity index (χ0n) is 8.92. The van der Waals surface area contributed by atoms with Crippen LogP contribution in [0.1, 0.15) is 30.0 Å². The van der Waals surface area contributed by atoms with Gasteiger partial charge in [-0.3, -0.25) is 0 Å². The summed E-state index contributed by atoms with van der Waals surface area (Å²) >= 11 is 1.88. The van der Waals surface area contributed by atoms with Crippen LogP contribution in [0.25, 0.3) is 10.1 Å². The lowest BCUT2D eigenvalue weighted by atomic mass is 9.87. The van der Waals surface area contributed by atoms with Gasteiger partial charge in [0.25, 0.3) is 0 Å². The summed E-state index contributed by atoms with van der Waals surface area (Å²) in [6, 6.07) is 7.37. The number of hydrogen-bond acceptors (Lipinski definition) is 2. The van der Waals surface area contributed by atoms with Crippen LogP contribution in [0.3, 0.4) is 0 Å². The number of benzene rings is 1. The highest BCUT2D eigenvalue weighted by Crippen LogP contribution is 2.37. The number of aryl methyl sites for hydroxylation is 1. The molecular weight excluding hydrogens is 202 g/mol. The second-order valence-electron chi connectivity index (χ2n) is 4.21. The molecule has 0 radical (unpaired) electrons. The van der Waals surface area contributed by atoms with E-state index in [1.54, 1.807) is 11.1 Å². The van der Waals surface area contributed by atoms with Crippen molar-refractivity contribution in [1.29, 1.82) is 0 Å². The third kappa shape index (κ3) is 1.40. The van der Waals surface area contributed by atoms with Crippen molar-refractivity contribution in [3.05, 3.63) is 34.7 Å². The van der Waals surface area contributed by atoms with Gasteiger partial charge in [0.2, 0.25) is 0 Å². The summed E-state index contributed by atoms with van der Waals surface area (Å²) < 4.78 is 1.49. The second kappa shape index (κ2) is 3.62. The van der Waals surface area contributed by atoms with E-state index in [0.717, 1.165) is 0 Å². The summed E-state index contributed by atoms with van der Waals surface area (Å²) in [5, 5.41) is 7.05. The molecule has 0 spiro atoms. The monoisotopic (exact) mass is 217 g/mol. The van der Waals surface area contributed by atoms with Crippen LogP contribution < -0.4 is 5.32 Å². The van der Waals surface area contributed by atoms with Crippen molar-refractivity contribution in [1.82, 2.24) is 5.32 Å². The average Bonchev–Trinajstić information content (AvgIpc) is 2.76. The van der Waals surface area contributed by atoms with Crippen LogP contribution in [0.4, 0.5) is 0 Å². The van der Waals surface area contributed by atoms with Crippen molar-refractivity contribution < 1.29 is 0 Å². The molecule has 1 aliphatic carbocycles. The van der Waals surface area contributed by atoms with Crippen molar-refractivity contribution in [2.75, 3.05) is 7.05 Å². The number of thiophene rings is 1. The van der Waals surface area contributed by atoms with Gasteiger partial charge in [0.05, 0.1) is 0 Å². The lowest BCUT2D eigenvalue weighted by Crippen LogP contribution is -2.21. The SMILES string of the molecule is CNC1CCCc2ccc3ccsc3c21. The van der Waals surface area contributed by atoms with E-state index in [9.17, 15) is 0 Å². The topological polar surface area (TPSA) is 12.0 Å². The first kappa shape index (κ1) is 9.37. The van der Waals surface area contributed by atoms with Crippen LogP contribution in [0, 0.1) is 0 Å². The van der Waals surface area contributed by atoms with Gasteiger partial charge in [0.1, 0.15) is 0 Å². The molecule has 0 fully saturated rings. The zero-order chi connectivity index (χ0) is 10.3. The van der Waals surface area contributed by atoms with Gasteiger partial charge >= 0.3 is 0 Å². The highest BCUT2D eigenvalue weighted by molar-refractivity contribution is 7.17. The normalized spacial score (nSPS) is 20.5. The van der Waals surface area contributed by atoms with Crippen LogP contribution >= 0.6 is 11.3 Å². The highest BCUT2D eigenvalue weighted by Gasteiger charge is 2.21.